The zero-order chi connectivity index (χ0) is 21.1. The van der Waals surface area contributed by atoms with Gasteiger partial charge in [0, 0.05) is 29.9 Å². The number of alkyl halides is 3. The fourth-order valence-electron chi connectivity index (χ4n) is 3.48. The van der Waals surface area contributed by atoms with Gasteiger partial charge in [-0.2, -0.15) is 13.2 Å². The van der Waals surface area contributed by atoms with Crippen LogP contribution in [0.1, 0.15) is 54.4 Å². The molecule has 1 aromatic heterocycles. The maximum absolute atomic E-state index is 12.7. The van der Waals surface area contributed by atoms with Crippen molar-refractivity contribution < 1.29 is 32.3 Å². The molecule has 1 saturated heterocycles. The van der Waals surface area contributed by atoms with Crippen LogP contribution in [0.15, 0.2) is 6.07 Å². The van der Waals surface area contributed by atoms with Crippen LogP contribution in [-0.2, 0) is 20.9 Å². The smallest absolute Gasteiger partial charge is 0.406 e. The Hall–Kier alpha value is -2.32. The van der Waals surface area contributed by atoms with Crippen molar-refractivity contribution in [2.75, 3.05) is 13.2 Å². The monoisotopic (exact) mass is 402 g/mol. The van der Waals surface area contributed by atoms with Gasteiger partial charge in [0.2, 0.25) is 11.7 Å². The molecular formula is C19H25F3N2O4. The molecule has 2 rings (SSSR count). The van der Waals surface area contributed by atoms with Crippen LogP contribution in [0.3, 0.4) is 0 Å². The van der Waals surface area contributed by atoms with E-state index in [1.807, 2.05) is 6.92 Å². The predicted octanol–water partition coefficient (Wildman–Crippen LogP) is 3.18. The molecule has 1 fully saturated rings. The van der Waals surface area contributed by atoms with E-state index >= 15 is 0 Å². The van der Waals surface area contributed by atoms with Crippen LogP contribution in [0.25, 0.3) is 0 Å². The van der Waals surface area contributed by atoms with Gasteiger partial charge in [-0.15, -0.1) is 0 Å². The standard InChI is InChI=1S/C19H25F3N2O4/c1-4-6-17(26)23-8-5-7-15(23)18(27)28-10-16(25)14-9-12(2)24(13(14)3)11-19(20,21)22/h9,15H,4-8,10-11H2,1-3H3. The summed E-state index contributed by atoms with van der Waals surface area (Å²) in [5.74, 6) is -1.34. The van der Waals surface area contributed by atoms with Gasteiger partial charge in [0.15, 0.2) is 6.61 Å². The first kappa shape index (κ1) is 22.0. The zero-order valence-corrected chi connectivity index (χ0v) is 16.3. The molecule has 1 unspecified atom stereocenters. The number of ketones is 1. The van der Waals surface area contributed by atoms with Gasteiger partial charge < -0.3 is 14.2 Å². The van der Waals surface area contributed by atoms with Gasteiger partial charge in [-0.25, -0.2) is 4.79 Å². The lowest BCUT2D eigenvalue weighted by atomic mass is 10.1. The quantitative estimate of drug-likeness (QED) is 0.519. The molecule has 9 heteroatoms. The molecule has 0 bridgehead atoms. The average Bonchev–Trinajstić information content (AvgIpc) is 3.19. The van der Waals surface area contributed by atoms with Gasteiger partial charge in [-0.05, 0) is 39.2 Å². The Morgan fingerprint density at radius 1 is 1.25 bits per heavy atom. The fourth-order valence-corrected chi connectivity index (χ4v) is 3.48. The molecule has 28 heavy (non-hydrogen) atoms. The van der Waals surface area contributed by atoms with Crippen molar-refractivity contribution in [3.63, 3.8) is 0 Å². The molecule has 0 aliphatic carbocycles. The van der Waals surface area contributed by atoms with E-state index in [1.54, 1.807) is 0 Å². The highest BCUT2D eigenvalue weighted by Gasteiger charge is 2.35. The number of carbonyl (C=O) groups excluding carboxylic acids is 3. The largest absolute Gasteiger partial charge is 0.456 e. The van der Waals surface area contributed by atoms with Crippen molar-refractivity contribution in [1.82, 2.24) is 9.47 Å². The number of nitrogens with zero attached hydrogens (tertiary/aromatic N) is 2. The lowest BCUT2D eigenvalue weighted by Gasteiger charge is -2.23. The summed E-state index contributed by atoms with van der Waals surface area (Å²) >= 11 is 0. The summed E-state index contributed by atoms with van der Waals surface area (Å²) in [4.78, 5) is 38.3. The third-order valence-corrected chi connectivity index (χ3v) is 4.87. The minimum Gasteiger partial charge on any atom is -0.456 e. The van der Waals surface area contributed by atoms with E-state index in [-0.39, 0.29) is 17.2 Å². The number of aromatic nitrogens is 1. The molecule has 2 heterocycles. The Morgan fingerprint density at radius 2 is 1.93 bits per heavy atom. The van der Waals surface area contributed by atoms with Crippen LogP contribution in [0, 0.1) is 13.8 Å². The molecule has 1 amide bonds. The van der Waals surface area contributed by atoms with Crippen LogP contribution in [-0.4, -0.2) is 52.5 Å². The SMILES string of the molecule is CCCC(=O)N1CCCC1C(=O)OCC(=O)c1cc(C)n(CC(F)(F)F)c1C. The first-order chi connectivity index (χ1) is 13.0. The summed E-state index contributed by atoms with van der Waals surface area (Å²) in [5.41, 5.74) is 0.577. The highest BCUT2D eigenvalue weighted by molar-refractivity contribution is 5.99. The Bertz CT molecular complexity index is 755. The first-order valence-electron chi connectivity index (χ1n) is 9.28. The summed E-state index contributed by atoms with van der Waals surface area (Å²) in [6, 6.07) is 0.661. The maximum atomic E-state index is 12.7. The number of Topliss-reactive ketones (excluding diaryl/α,β-unsaturated/α-hetero) is 1. The molecule has 1 atom stereocenters. The number of hydrogen-bond donors (Lipinski definition) is 0. The number of amides is 1. The van der Waals surface area contributed by atoms with Gasteiger partial charge in [-0.1, -0.05) is 6.92 Å². The van der Waals surface area contributed by atoms with Gasteiger partial charge in [0.05, 0.1) is 0 Å². The number of carbonyl (C=O) groups is 3. The topological polar surface area (TPSA) is 68.6 Å². The second-order valence-corrected chi connectivity index (χ2v) is 7.01. The molecule has 0 aromatic carbocycles. The molecule has 1 aliphatic heterocycles. The van der Waals surface area contributed by atoms with Crippen molar-refractivity contribution in [2.24, 2.45) is 0 Å². The molecule has 156 valence electrons. The summed E-state index contributed by atoms with van der Waals surface area (Å²) in [6.45, 7) is 3.50. The van der Waals surface area contributed by atoms with E-state index in [4.69, 9.17) is 4.74 Å². The Labute approximate surface area is 161 Å². The molecule has 0 N–H and O–H groups in total. The molecule has 0 radical (unpaired) electrons. The van der Waals surface area contributed by atoms with Crippen molar-refractivity contribution >= 4 is 17.7 Å². The number of hydrogen-bond acceptors (Lipinski definition) is 4. The Kier molecular flexibility index (Phi) is 6.90. The second-order valence-electron chi connectivity index (χ2n) is 7.01. The highest BCUT2D eigenvalue weighted by atomic mass is 19.4. The number of aryl methyl sites for hydroxylation is 1. The predicted molar refractivity (Wildman–Crippen MR) is 94.9 cm³/mol. The van der Waals surface area contributed by atoms with Gasteiger partial charge >= 0.3 is 12.1 Å². The zero-order valence-electron chi connectivity index (χ0n) is 16.3. The summed E-state index contributed by atoms with van der Waals surface area (Å²) in [6.07, 6.45) is -2.24. The number of rotatable bonds is 7. The molecule has 0 saturated carbocycles. The lowest BCUT2D eigenvalue weighted by Crippen LogP contribution is -2.41. The molecule has 0 spiro atoms. The normalized spacial score (nSPS) is 17.1. The highest BCUT2D eigenvalue weighted by Crippen LogP contribution is 2.24. The van der Waals surface area contributed by atoms with E-state index in [2.05, 4.69) is 0 Å². The lowest BCUT2D eigenvalue weighted by molar-refractivity contribution is -0.152. The third kappa shape index (κ3) is 5.14. The van der Waals surface area contributed by atoms with Crippen molar-refractivity contribution in [1.29, 1.82) is 0 Å². The number of halogens is 3. The Balaban J connectivity index is 2.01. The first-order valence-corrected chi connectivity index (χ1v) is 9.28. The summed E-state index contributed by atoms with van der Waals surface area (Å²) in [5, 5.41) is 0. The van der Waals surface area contributed by atoms with E-state index in [0.717, 1.165) is 4.57 Å². The van der Waals surface area contributed by atoms with Crippen molar-refractivity contribution in [3.8, 4) is 0 Å². The van der Waals surface area contributed by atoms with E-state index < -0.39 is 37.1 Å². The van der Waals surface area contributed by atoms with Crippen LogP contribution >= 0.6 is 0 Å². The molecule has 1 aromatic rings. The average molecular weight is 402 g/mol. The van der Waals surface area contributed by atoms with Gasteiger partial charge in [0.25, 0.3) is 0 Å². The van der Waals surface area contributed by atoms with Crippen molar-refractivity contribution in [2.45, 2.75) is 65.2 Å². The number of ether oxygens (including phenoxy) is 1. The minimum absolute atomic E-state index is 0.0971. The van der Waals surface area contributed by atoms with Gasteiger partial charge in [0.1, 0.15) is 12.6 Å². The number of esters is 1. The molecular weight excluding hydrogens is 377 g/mol. The molecule has 6 nitrogen and oxygen atoms in total. The van der Waals surface area contributed by atoms with E-state index in [0.29, 0.717) is 37.9 Å². The Morgan fingerprint density at radius 3 is 2.54 bits per heavy atom. The van der Waals surface area contributed by atoms with E-state index in [1.165, 1.54) is 24.8 Å². The van der Waals surface area contributed by atoms with E-state index in [9.17, 15) is 27.6 Å². The van der Waals surface area contributed by atoms with Crippen LogP contribution in [0.5, 0.6) is 0 Å². The van der Waals surface area contributed by atoms with Crippen molar-refractivity contribution in [3.05, 3.63) is 23.0 Å². The minimum atomic E-state index is -4.40. The summed E-state index contributed by atoms with van der Waals surface area (Å²) in [7, 11) is 0. The fraction of sp³-hybridized carbons (Fsp3) is 0.632. The summed E-state index contributed by atoms with van der Waals surface area (Å²) < 4.78 is 44.2. The van der Waals surface area contributed by atoms with Crippen LogP contribution in [0.4, 0.5) is 13.2 Å². The maximum Gasteiger partial charge on any atom is 0.406 e. The van der Waals surface area contributed by atoms with Crippen LogP contribution < -0.4 is 0 Å². The molecule has 1 aliphatic rings. The van der Waals surface area contributed by atoms with Gasteiger partial charge in [-0.3, -0.25) is 9.59 Å². The second kappa shape index (κ2) is 8.79. The number of likely N-dealkylation sites (tertiary alicyclic amines) is 1. The van der Waals surface area contributed by atoms with Crippen LogP contribution in [0.2, 0.25) is 0 Å². The third-order valence-electron chi connectivity index (χ3n) is 4.87.